The number of hydrogen-bond donors (Lipinski definition) is 2. The van der Waals surface area contributed by atoms with Crippen LogP contribution in [0.4, 0.5) is 36.4 Å². The highest BCUT2D eigenvalue weighted by atomic mass is 19.4. The third kappa shape index (κ3) is 3.64. The minimum atomic E-state index is -6.15. The quantitative estimate of drug-likeness (QED) is 0.437. The summed E-state index contributed by atoms with van der Waals surface area (Å²) >= 11 is 0. The van der Waals surface area contributed by atoms with Crippen molar-refractivity contribution in [1.82, 2.24) is 15.2 Å². The zero-order valence-corrected chi connectivity index (χ0v) is 18.0. The van der Waals surface area contributed by atoms with Crippen LogP contribution in [-0.2, 0) is 16.9 Å². The monoisotopic (exact) mass is 500 g/mol. The lowest BCUT2D eigenvalue weighted by Crippen LogP contribution is -2.50. The van der Waals surface area contributed by atoms with Crippen LogP contribution >= 0.6 is 0 Å². The fraction of sp³-hybridized carbons (Fsp3) is 0.435. The number of nitrogens with one attached hydrogen (secondary N) is 2. The molecular weight excluding hydrogens is 481 g/mol. The summed E-state index contributed by atoms with van der Waals surface area (Å²) in [5.41, 5.74) is -5.04. The molecule has 12 heteroatoms. The van der Waals surface area contributed by atoms with Gasteiger partial charge in [-0.3, -0.25) is 9.89 Å². The van der Waals surface area contributed by atoms with E-state index in [2.05, 4.69) is 20.5 Å². The fourth-order valence-corrected chi connectivity index (χ4v) is 5.58. The van der Waals surface area contributed by atoms with Gasteiger partial charge in [0, 0.05) is 17.7 Å². The maximum atomic E-state index is 14.5. The zero-order valence-electron chi connectivity index (χ0n) is 18.0. The number of aromatic amines is 1. The molecule has 0 radical (unpaired) electrons. The van der Waals surface area contributed by atoms with E-state index in [-0.39, 0.29) is 35.6 Å². The molecule has 2 heterocycles. The molecule has 5 rings (SSSR count). The Morgan fingerprint density at radius 3 is 2.46 bits per heavy atom. The second-order valence-electron chi connectivity index (χ2n) is 9.04. The molecule has 1 fully saturated rings. The van der Waals surface area contributed by atoms with Gasteiger partial charge in [-0.05, 0) is 54.7 Å². The maximum absolute atomic E-state index is 14.5. The smallest absolute Gasteiger partial charge is 0.325 e. The summed E-state index contributed by atoms with van der Waals surface area (Å²) in [6.07, 6.45) is -7.63. The molecule has 35 heavy (non-hydrogen) atoms. The number of halogens is 7. The third-order valence-electron chi connectivity index (χ3n) is 7.24. The van der Waals surface area contributed by atoms with Crippen LogP contribution in [-0.4, -0.2) is 33.4 Å². The number of aryl methyl sites for hydroxylation is 1. The van der Waals surface area contributed by atoms with Gasteiger partial charge < -0.3 is 5.32 Å². The minimum absolute atomic E-state index is 0.129. The average Bonchev–Trinajstić information content (AvgIpc) is 3.44. The first kappa shape index (κ1) is 23.6. The Balaban J connectivity index is 1.40. The topological polar surface area (TPSA) is 70.7 Å². The number of nitrogens with zero attached hydrogens (tertiary/aromatic N) is 2. The SMILES string of the molecule is O=C(Nc1ccnc2[nH]ncc12)[C@@H]1CC[C@H]2c3ccc(C(F)(C(F)(F)F)C(F)(F)F)cc3CC[C@@H]12. The van der Waals surface area contributed by atoms with Gasteiger partial charge in [0.15, 0.2) is 5.65 Å². The van der Waals surface area contributed by atoms with Gasteiger partial charge in [0.05, 0.1) is 17.3 Å². The molecule has 3 atom stereocenters. The molecule has 0 bridgehead atoms. The number of rotatable bonds is 3. The maximum Gasteiger partial charge on any atom is 0.435 e. The third-order valence-corrected chi connectivity index (χ3v) is 7.24. The molecule has 2 aliphatic rings. The van der Waals surface area contributed by atoms with Crippen LogP contribution in [0.2, 0.25) is 0 Å². The molecule has 1 saturated carbocycles. The molecular formula is C23H19F7N4O. The standard InChI is InChI=1S/C23H19F7N4O/c24-21(22(25,26)27,23(28,29)30)12-2-4-13-11(9-12)1-3-15-14(13)5-6-16(15)20(35)33-18-7-8-31-19-17(18)10-32-34-19/h2,4,7-10,14-16H,1,3,5-6H2,(H2,31,32,33,34,35)/t14-,15+,16+/m0/s1. The number of hydrogen-bond acceptors (Lipinski definition) is 3. The van der Waals surface area contributed by atoms with E-state index in [1.54, 1.807) is 6.07 Å². The van der Waals surface area contributed by atoms with Crippen molar-refractivity contribution in [2.75, 3.05) is 5.32 Å². The number of pyridine rings is 1. The summed E-state index contributed by atoms with van der Waals surface area (Å²) in [6, 6.07) is 4.06. The Morgan fingerprint density at radius 2 is 1.74 bits per heavy atom. The number of carbonyl (C=O) groups is 1. The van der Waals surface area contributed by atoms with Crippen LogP contribution in [0.1, 0.15) is 41.9 Å². The lowest BCUT2D eigenvalue weighted by Gasteiger charge is -2.34. The predicted molar refractivity (Wildman–Crippen MR) is 111 cm³/mol. The van der Waals surface area contributed by atoms with Crippen LogP contribution in [0.15, 0.2) is 36.7 Å². The lowest BCUT2D eigenvalue weighted by molar-refractivity contribution is -0.348. The number of amides is 1. The van der Waals surface area contributed by atoms with Crippen LogP contribution < -0.4 is 5.32 Å². The Morgan fingerprint density at radius 1 is 1.00 bits per heavy atom. The molecule has 2 aliphatic carbocycles. The molecule has 186 valence electrons. The summed E-state index contributed by atoms with van der Waals surface area (Å²) < 4.78 is 93.6. The molecule has 3 aromatic rings. The number of alkyl halides is 7. The van der Waals surface area contributed by atoms with Gasteiger partial charge in [0.1, 0.15) is 0 Å². The lowest BCUT2D eigenvalue weighted by atomic mass is 9.73. The fourth-order valence-electron chi connectivity index (χ4n) is 5.58. The van der Waals surface area contributed by atoms with E-state index >= 15 is 0 Å². The van der Waals surface area contributed by atoms with Gasteiger partial charge in [0.2, 0.25) is 5.91 Å². The van der Waals surface area contributed by atoms with E-state index in [1.807, 2.05) is 0 Å². The highest BCUT2D eigenvalue weighted by Gasteiger charge is 2.73. The summed E-state index contributed by atoms with van der Waals surface area (Å²) in [7, 11) is 0. The van der Waals surface area contributed by atoms with Gasteiger partial charge in [-0.2, -0.15) is 31.4 Å². The van der Waals surface area contributed by atoms with E-state index in [4.69, 9.17) is 0 Å². The normalized spacial score (nSPS) is 22.7. The Hall–Kier alpha value is -3.18. The summed E-state index contributed by atoms with van der Waals surface area (Å²) in [4.78, 5) is 17.2. The first-order valence-corrected chi connectivity index (χ1v) is 11.0. The van der Waals surface area contributed by atoms with Gasteiger partial charge in [-0.15, -0.1) is 0 Å². The summed E-state index contributed by atoms with van der Waals surface area (Å²) in [6.45, 7) is 0. The largest absolute Gasteiger partial charge is 0.435 e. The average molecular weight is 500 g/mol. The van der Waals surface area contributed by atoms with Crippen LogP contribution in [0.5, 0.6) is 0 Å². The summed E-state index contributed by atoms with van der Waals surface area (Å²) in [5.74, 6) is -0.937. The molecule has 1 aromatic carbocycles. The van der Waals surface area contributed by atoms with Crippen molar-refractivity contribution in [1.29, 1.82) is 0 Å². The number of aromatic nitrogens is 3. The van der Waals surface area contributed by atoms with Gasteiger partial charge in [-0.1, -0.05) is 18.2 Å². The van der Waals surface area contributed by atoms with Crippen LogP contribution in [0.25, 0.3) is 11.0 Å². The Kier molecular flexibility index (Phi) is 5.33. The highest BCUT2D eigenvalue weighted by molar-refractivity contribution is 6.00. The second-order valence-corrected chi connectivity index (χ2v) is 9.04. The first-order chi connectivity index (χ1) is 16.4. The Bertz CT molecular complexity index is 1270. The molecule has 0 unspecified atom stereocenters. The van der Waals surface area contributed by atoms with Crippen LogP contribution in [0, 0.1) is 11.8 Å². The number of anilines is 1. The van der Waals surface area contributed by atoms with Gasteiger partial charge in [-0.25, -0.2) is 9.37 Å². The first-order valence-electron chi connectivity index (χ1n) is 11.0. The molecule has 5 nitrogen and oxygen atoms in total. The molecule has 2 aromatic heterocycles. The molecule has 0 aliphatic heterocycles. The van der Waals surface area contributed by atoms with Gasteiger partial charge >= 0.3 is 18.0 Å². The molecule has 0 saturated heterocycles. The van der Waals surface area contributed by atoms with Crippen molar-refractivity contribution in [3.63, 3.8) is 0 Å². The molecule has 2 N–H and O–H groups in total. The van der Waals surface area contributed by atoms with Crippen molar-refractivity contribution < 1.29 is 35.5 Å². The van der Waals surface area contributed by atoms with Crippen molar-refractivity contribution >= 4 is 22.6 Å². The zero-order chi connectivity index (χ0) is 25.2. The minimum Gasteiger partial charge on any atom is -0.325 e. The Labute approximate surface area is 194 Å². The number of carbonyl (C=O) groups excluding carboxylic acids is 1. The van der Waals surface area contributed by atoms with E-state index in [1.165, 1.54) is 12.4 Å². The number of benzene rings is 1. The predicted octanol–water partition coefficient (Wildman–Crippen LogP) is 5.94. The van der Waals surface area contributed by atoms with Crippen molar-refractivity contribution in [2.45, 2.75) is 49.6 Å². The van der Waals surface area contributed by atoms with E-state index < -0.39 is 23.6 Å². The second kappa shape index (κ2) is 7.92. The van der Waals surface area contributed by atoms with E-state index in [0.29, 0.717) is 53.7 Å². The van der Waals surface area contributed by atoms with Crippen molar-refractivity contribution in [3.05, 3.63) is 53.3 Å². The summed E-state index contributed by atoms with van der Waals surface area (Å²) in [5, 5.41) is 10.2. The number of fused-ring (bicyclic) bond motifs is 4. The number of H-pyrrole nitrogens is 1. The van der Waals surface area contributed by atoms with Crippen molar-refractivity contribution in [3.8, 4) is 0 Å². The van der Waals surface area contributed by atoms with E-state index in [9.17, 15) is 35.5 Å². The van der Waals surface area contributed by atoms with E-state index in [0.717, 1.165) is 6.07 Å². The molecule has 0 spiro atoms. The molecule has 1 amide bonds. The van der Waals surface area contributed by atoms with Gasteiger partial charge in [0.25, 0.3) is 0 Å². The van der Waals surface area contributed by atoms with Crippen molar-refractivity contribution in [2.24, 2.45) is 11.8 Å². The highest BCUT2D eigenvalue weighted by Crippen LogP contribution is 2.55. The van der Waals surface area contributed by atoms with Crippen LogP contribution in [0.3, 0.4) is 0 Å².